The van der Waals surface area contributed by atoms with Crippen molar-refractivity contribution in [1.29, 1.82) is 0 Å². The van der Waals surface area contributed by atoms with Crippen LogP contribution in [0, 0.1) is 0 Å². The molecule has 216 valence electrons. The number of nitrogens with one attached hydrogen (secondary N) is 1. The van der Waals surface area contributed by atoms with E-state index in [1.807, 2.05) is 40.0 Å². The van der Waals surface area contributed by atoms with Crippen molar-refractivity contribution in [3.63, 3.8) is 0 Å². The smallest absolute Gasteiger partial charge is 0.228 e. The minimum absolute atomic E-state index is 0.235. The number of rotatable bonds is 5. The fourth-order valence-corrected chi connectivity index (χ4v) is 6.68. The molecule has 1 aliphatic heterocycles. The number of fused-ring (bicyclic) bond motifs is 10. The molecule has 0 amide bonds. The van der Waals surface area contributed by atoms with E-state index >= 15 is 0 Å². The van der Waals surface area contributed by atoms with E-state index in [2.05, 4.69) is 55.9 Å². The zero-order valence-electron chi connectivity index (χ0n) is 24.6. The first-order valence-corrected chi connectivity index (χ1v) is 18.9. The minimum atomic E-state index is -1.20. The third-order valence-electron chi connectivity index (χ3n) is 7.77. The van der Waals surface area contributed by atoms with E-state index in [0.29, 0.717) is 36.9 Å². The number of aryl methyl sites for hydroxylation is 1. The standard InChI is InChI=1S/C30H39N7O2SSi/c1-30(2)13-16-39-25-19-22(11-14-31-25)24-10-9-21-7-6-8-23(21)27(24)32-28-33-29(40-26-12-15-37(30)34-26)35-36(28)20-38-17-18-41(3,4)5/h9-12,14-15,19H,6-8,13,16-18,20H2,1-5H3,(H,32,33,35). The molecular formula is C30H39N7O2SSi. The highest BCUT2D eigenvalue weighted by Gasteiger charge is 2.25. The lowest BCUT2D eigenvalue weighted by Crippen LogP contribution is -2.29. The van der Waals surface area contributed by atoms with E-state index in [9.17, 15) is 0 Å². The lowest BCUT2D eigenvalue weighted by molar-refractivity contribution is 0.0792. The summed E-state index contributed by atoms with van der Waals surface area (Å²) < 4.78 is 16.1. The monoisotopic (exact) mass is 589 g/mol. The molecule has 9 nitrogen and oxygen atoms in total. The third kappa shape index (κ3) is 6.36. The third-order valence-corrected chi connectivity index (χ3v) is 10.3. The van der Waals surface area contributed by atoms with Crippen LogP contribution >= 0.6 is 11.8 Å². The number of hydrogen-bond acceptors (Lipinski definition) is 8. The minimum Gasteiger partial charge on any atom is -0.478 e. The Hall–Kier alpha value is -3.15. The van der Waals surface area contributed by atoms with Crippen LogP contribution in [0.1, 0.15) is 37.8 Å². The summed E-state index contributed by atoms with van der Waals surface area (Å²) in [6.45, 7) is 13.0. The van der Waals surface area contributed by atoms with Crippen molar-refractivity contribution in [2.75, 3.05) is 18.5 Å². The molecule has 1 aromatic carbocycles. The van der Waals surface area contributed by atoms with Gasteiger partial charge in [-0.25, -0.2) is 9.67 Å². The Labute approximate surface area is 247 Å². The van der Waals surface area contributed by atoms with Crippen LogP contribution in [0.3, 0.4) is 0 Å². The van der Waals surface area contributed by atoms with Crippen molar-refractivity contribution < 1.29 is 9.47 Å². The molecule has 0 radical (unpaired) electrons. The largest absolute Gasteiger partial charge is 0.478 e. The van der Waals surface area contributed by atoms with Gasteiger partial charge in [0, 0.05) is 45.1 Å². The Morgan fingerprint density at radius 2 is 2.00 bits per heavy atom. The van der Waals surface area contributed by atoms with Crippen molar-refractivity contribution in [2.24, 2.45) is 0 Å². The Morgan fingerprint density at radius 3 is 2.85 bits per heavy atom. The van der Waals surface area contributed by atoms with Crippen LogP contribution in [-0.2, 0) is 29.8 Å². The molecule has 2 aliphatic rings. The molecule has 0 spiro atoms. The lowest BCUT2D eigenvalue weighted by atomic mass is 9.98. The highest BCUT2D eigenvalue weighted by molar-refractivity contribution is 7.99. The van der Waals surface area contributed by atoms with Gasteiger partial charge in [-0.3, -0.25) is 4.68 Å². The SMILES string of the molecule is CC1(C)CCOc2cc(ccn2)-c2ccc3c(c2Nc2nc(nn2COCC[Si](C)(C)C)Sc2ccn1n2)CCC3. The van der Waals surface area contributed by atoms with E-state index in [1.54, 1.807) is 0 Å². The molecule has 41 heavy (non-hydrogen) atoms. The van der Waals surface area contributed by atoms with E-state index in [0.717, 1.165) is 53.6 Å². The van der Waals surface area contributed by atoms with Crippen molar-refractivity contribution in [3.8, 4) is 17.0 Å². The summed E-state index contributed by atoms with van der Waals surface area (Å²) in [5.74, 6) is 1.28. The summed E-state index contributed by atoms with van der Waals surface area (Å²) in [4.78, 5) is 9.47. The molecule has 0 saturated carbocycles. The van der Waals surface area contributed by atoms with Gasteiger partial charge in [0.1, 0.15) is 11.8 Å². The Morgan fingerprint density at radius 1 is 1.12 bits per heavy atom. The van der Waals surface area contributed by atoms with Gasteiger partial charge < -0.3 is 14.8 Å². The summed E-state index contributed by atoms with van der Waals surface area (Å²) in [6, 6.07) is 11.7. The van der Waals surface area contributed by atoms with Gasteiger partial charge in [-0.05, 0) is 79.7 Å². The van der Waals surface area contributed by atoms with Crippen molar-refractivity contribution in [1.82, 2.24) is 29.5 Å². The Kier molecular flexibility index (Phi) is 7.69. The van der Waals surface area contributed by atoms with E-state index in [-0.39, 0.29) is 5.54 Å². The summed E-state index contributed by atoms with van der Waals surface area (Å²) in [7, 11) is -1.20. The predicted molar refractivity (Wildman–Crippen MR) is 165 cm³/mol. The molecule has 4 aromatic rings. The molecule has 6 bridgehead atoms. The summed E-state index contributed by atoms with van der Waals surface area (Å²) in [5, 5.41) is 14.9. The second-order valence-electron chi connectivity index (χ2n) is 12.7. The second-order valence-corrected chi connectivity index (χ2v) is 19.3. The first-order valence-electron chi connectivity index (χ1n) is 14.4. The van der Waals surface area contributed by atoms with Crippen molar-refractivity contribution in [3.05, 3.63) is 53.9 Å². The zero-order valence-corrected chi connectivity index (χ0v) is 26.4. The number of anilines is 2. The van der Waals surface area contributed by atoms with Crippen LogP contribution in [0.2, 0.25) is 25.7 Å². The maximum atomic E-state index is 6.17. The van der Waals surface area contributed by atoms with E-state index in [1.165, 1.54) is 22.9 Å². The molecule has 1 aliphatic carbocycles. The van der Waals surface area contributed by atoms with Crippen LogP contribution in [-0.4, -0.2) is 50.8 Å². The van der Waals surface area contributed by atoms with Gasteiger partial charge in [0.15, 0.2) is 0 Å². The van der Waals surface area contributed by atoms with Gasteiger partial charge in [0.2, 0.25) is 17.0 Å². The highest BCUT2D eigenvalue weighted by Crippen LogP contribution is 2.40. The highest BCUT2D eigenvalue weighted by atomic mass is 32.2. The molecule has 0 atom stereocenters. The molecular weight excluding hydrogens is 551 g/mol. The van der Waals surface area contributed by atoms with Crippen LogP contribution in [0.15, 0.2) is 52.9 Å². The summed E-state index contributed by atoms with van der Waals surface area (Å²) in [6.07, 6.45) is 7.87. The van der Waals surface area contributed by atoms with Gasteiger partial charge in [-0.15, -0.1) is 5.10 Å². The van der Waals surface area contributed by atoms with Gasteiger partial charge in [-0.1, -0.05) is 31.8 Å². The number of ether oxygens (including phenoxy) is 2. The normalized spacial score (nSPS) is 16.3. The van der Waals surface area contributed by atoms with Crippen molar-refractivity contribution in [2.45, 2.75) is 87.7 Å². The Bertz CT molecular complexity index is 1540. The molecule has 0 fully saturated rings. The van der Waals surface area contributed by atoms with E-state index < -0.39 is 8.07 Å². The molecule has 11 heteroatoms. The number of aromatic nitrogens is 6. The van der Waals surface area contributed by atoms with Gasteiger partial charge in [0.25, 0.3) is 0 Å². The van der Waals surface area contributed by atoms with Gasteiger partial charge in [0.05, 0.1) is 17.8 Å². The maximum absolute atomic E-state index is 6.17. The van der Waals surface area contributed by atoms with Crippen LogP contribution < -0.4 is 10.1 Å². The molecule has 4 heterocycles. The first kappa shape index (κ1) is 28.0. The number of hydrogen-bond donors (Lipinski definition) is 1. The topological polar surface area (TPSA) is 91.9 Å². The summed E-state index contributed by atoms with van der Waals surface area (Å²) >= 11 is 1.46. The van der Waals surface area contributed by atoms with E-state index in [4.69, 9.17) is 24.7 Å². The fourth-order valence-electron chi connectivity index (χ4n) is 5.21. The molecule has 3 aromatic heterocycles. The van der Waals surface area contributed by atoms with Crippen LogP contribution in [0.25, 0.3) is 11.1 Å². The first-order chi connectivity index (χ1) is 19.6. The average Bonchev–Trinajstić information content (AvgIpc) is 3.67. The molecule has 1 N–H and O–H groups in total. The predicted octanol–water partition coefficient (Wildman–Crippen LogP) is 6.75. The zero-order chi connectivity index (χ0) is 28.6. The Balaban J connectivity index is 1.42. The average molecular weight is 590 g/mol. The molecule has 0 saturated heterocycles. The lowest BCUT2D eigenvalue weighted by Gasteiger charge is -2.25. The number of pyridine rings is 1. The maximum Gasteiger partial charge on any atom is 0.228 e. The quantitative estimate of drug-likeness (QED) is 0.202. The molecule has 6 rings (SSSR count). The summed E-state index contributed by atoms with van der Waals surface area (Å²) in [5.41, 5.74) is 5.71. The molecule has 0 unspecified atom stereocenters. The van der Waals surface area contributed by atoms with Crippen LogP contribution in [0.4, 0.5) is 11.6 Å². The number of benzene rings is 1. The fraction of sp³-hybridized carbons (Fsp3) is 0.467. The van der Waals surface area contributed by atoms with Gasteiger partial charge in [-0.2, -0.15) is 10.1 Å². The van der Waals surface area contributed by atoms with Crippen molar-refractivity contribution >= 4 is 31.5 Å². The van der Waals surface area contributed by atoms with Gasteiger partial charge >= 0.3 is 0 Å². The second kappa shape index (κ2) is 11.3. The van der Waals surface area contributed by atoms with Crippen LogP contribution in [0.5, 0.6) is 5.88 Å². The number of nitrogens with zero attached hydrogens (tertiary/aromatic N) is 6.